The highest BCUT2D eigenvalue weighted by molar-refractivity contribution is 5.38. The maximum absolute atomic E-state index is 9.78. The van der Waals surface area contributed by atoms with E-state index in [2.05, 4.69) is 12.1 Å². The monoisotopic (exact) mass is 206 g/mol. The van der Waals surface area contributed by atoms with Gasteiger partial charge in [-0.15, -0.1) is 0 Å². The van der Waals surface area contributed by atoms with Crippen LogP contribution in [0.3, 0.4) is 0 Å². The lowest BCUT2D eigenvalue weighted by Crippen LogP contribution is -2.22. The van der Waals surface area contributed by atoms with Gasteiger partial charge in [0.2, 0.25) is 0 Å². The Labute approximate surface area is 90.9 Å². The van der Waals surface area contributed by atoms with Crippen LogP contribution in [0.25, 0.3) is 0 Å². The summed E-state index contributed by atoms with van der Waals surface area (Å²) in [5.41, 5.74) is 1.22. The van der Waals surface area contributed by atoms with Gasteiger partial charge in [0.05, 0.1) is 12.7 Å². The van der Waals surface area contributed by atoms with Gasteiger partial charge in [-0.2, -0.15) is 0 Å². The van der Waals surface area contributed by atoms with Gasteiger partial charge in [0, 0.05) is 5.41 Å². The van der Waals surface area contributed by atoms with E-state index >= 15 is 0 Å². The summed E-state index contributed by atoms with van der Waals surface area (Å²) >= 11 is 0. The number of aliphatic hydroxyl groups excluding tert-OH is 1. The molecule has 0 bridgehead atoms. The summed E-state index contributed by atoms with van der Waals surface area (Å²) in [5, 5.41) is 9.78. The predicted octanol–water partition coefficient (Wildman–Crippen LogP) is 2.50. The van der Waals surface area contributed by atoms with Crippen molar-refractivity contribution in [2.24, 2.45) is 0 Å². The van der Waals surface area contributed by atoms with E-state index in [-0.39, 0.29) is 11.5 Å². The third kappa shape index (κ3) is 1.86. The lowest BCUT2D eigenvalue weighted by atomic mass is 9.91. The van der Waals surface area contributed by atoms with Crippen molar-refractivity contribution in [3.8, 4) is 5.75 Å². The molecular weight excluding hydrogens is 188 g/mol. The van der Waals surface area contributed by atoms with Crippen LogP contribution < -0.4 is 4.74 Å². The quantitative estimate of drug-likeness (QED) is 0.820. The molecule has 0 radical (unpaired) electrons. The molecule has 1 aliphatic rings. The number of hydrogen-bond acceptors (Lipinski definition) is 2. The molecule has 2 nitrogen and oxygen atoms in total. The summed E-state index contributed by atoms with van der Waals surface area (Å²) in [6.45, 7) is 4.54. The van der Waals surface area contributed by atoms with Crippen LogP contribution in [-0.4, -0.2) is 17.8 Å². The highest BCUT2D eigenvalue weighted by Crippen LogP contribution is 2.51. The number of rotatable bonds is 4. The lowest BCUT2D eigenvalue weighted by molar-refractivity contribution is 0.150. The Balaban J connectivity index is 2.25. The van der Waals surface area contributed by atoms with Crippen molar-refractivity contribution in [3.05, 3.63) is 29.8 Å². The van der Waals surface area contributed by atoms with Gasteiger partial charge in [0.1, 0.15) is 5.75 Å². The number of benzene rings is 1. The van der Waals surface area contributed by atoms with E-state index in [4.69, 9.17) is 4.74 Å². The molecule has 0 saturated heterocycles. The van der Waals surface area contributed by atoms with Gasteiger partial charge in [-0.1, -0.05) is 12.1 Å². The first-order valence-electron chi connectivity index (χ1n) is 5.60. The van der Waals surface area contributed by atoms with Gasteiger partial charge >= 0.3 is 0 Å². The Morgan fingerprint density at radius 3 is 2.73 bits per heavy atom. The Morgan fingerprint density at radius 2 is 2.20 bits per heavy atom. The molecule has 1 aromatic rings. The minimum atomic E-state index is -0.269. The molecule has 0 aliphatic heterocycles. The van der Waals surface area contributed by atoms with Gasteiger partial charge in [-0.25, -0.2) is 0 Å². The Morgan fingerprint density at radius 1 is 1.47 bits per heavy atom. The van der Waals surface area contributed by atoms with Gasteiger partial charge in [0.15, 0.2) is 0 Å². The molecule has 1 saturated carbocycles. The van der Waals surface area contributed by atoms with Crippen molar-refractivity contribution in [3.63, 3.8) is 0 Å². The molecule has 0 aromatic heterocycles. The Hall–Kier alpha value is -1.02. The maximum Gasteiger partial charge on any atom is 0.119 e. The highest BCUT2D eigenvalue weighted by atomic mass is 16.5. The summed E-state index contributed by atoms with van der Waals surface area (Å²) in [4.78, 5) is 0. The minimum absolute atomic E-state index is 0.00705. The first kappa shape index (κ1) is 10.5. The third-order valence-corrected chi connectivity index (χ3v) is 3.31. The zero-order valence-corrected chi connectivity index (χ0v) is 9.36. The van der Waals surface area contributed by atoms with E-state index in [1.54, 1.807) is 0 Å². The normalized spacial score (nSPS) is 19.7. The third-order valence-electron chi connectivity index (χ3n) is 3.31. The first-order chi connectivity index (χ1) is 7.19. The molecule has 1 N–H and O–H groups in total. The fourth-order valence-corrected chi connectivity index (χ4v) is 2.14. The van der Waals surface area contributed by atoms with E-state index in [9.17, 15) is 5.11 Å². The van der Waals surface area contributed by atoms with Gasteiger partial charge in [-0.3, -0.25) is 0 Å². The van der Waals surface area contributed by atoms with Crippen molar-refractivity contribution in [2.45, 2.75) is 38.2 Å². The van der Waals surface area contributed by atoms with Crippen LogP contribution in [-0.2, 0) is 5.41 Å². The number of aliphatic hydroxyl groups is 1. The molecule has 2 rings (SSSR count). The topological polar surface area (TPSA) is 29.5 Å². The van der Waals surface area contributed by atoms with Crippen molar-refractivity contribution in [1.29, 1.82) is 0 Å². The lowest BCUT2D eigenvalue weighted by Gasteiger charge is -2.19. The average molecular weight is 206 g/mol. The highest BCUT2D eigenvalue weighted by Gasteiger charge is 2.48. The molecule has 2 heteroatoms. The van der Waals surface area contributed by atoms with Crippen LogP contribution in [0.2, 0.25) is 0 Å². The first-order valence-corrected chi connectivity index (χ1v) is 5.60. The molecule has 1 fully saturated rings. The van der Waals surface area contributed by atoms with Crippen LogP contribution in [0.15, 0.2) is 24.3 Å². The zero-order valence-electron chi connectivity index (χ0n) is 9.36. The summed E-state index contributed by atoms with van der Waals surface area (Å²) in [6.07, 6.45) is 1.90. The fourth-order valence-electron chi connectivity index (χ4n) is 2.14. The zero-order chi connectivity index (χ0) is 10.9. The number of hydrogen-bond donors (Lipinski definition) is 1. The van der Waals surface area contributed by atoms with Crippen molar-refractivity contribution in [2.75, 3.05) is 6.61 Å². The smallest absolute Gasteiger partial charge is 0.119 e. The molecule has 15 heavy (non-hydrogen) atoms. The van der Waals surface area contributed by atoms with E-state index < -0.39 is 0 Å². The largest absolute Gasteiger partial charge is 0.494 e. The van der Waals surface area contributed by atoms with E-state index in [1.807, 2.05) is 26.0 Å². The molecule has 82 valence electrons. The van der Waals surface area contributed by atoms with Gasteiger partial charge in [0.25, 0.3) is 0 Å². The molecule has 0 amide bonds. The van der Waals surface area contributed by atoms with Crippen molar-refractivity contribution < 1.29 is 9.84 Å². The maximum atomic E-state index is 9.78. The summed E-state index contributed by atoms with van der Waals surface area (Å²) in [6, 6.07) is 8.11. The summed E-state index contributed by atoms with van der Waals surface area (Å²) in [5.74, 6) is 0.905. The molecule has 1 aliphatic carbocycles. The Bertz CT molecular complexity index is 340. The molecule has 0 heterocycles. The molecule has 1 aromatic carbocycles. The summed E-state index contributed by atoms with van der Waals surface area (Å²) < 4.78 is 5.47. The minimum Gasteiger partial charge on any atom is -0.494 e. The SMILES string of the molecule is CCOc1cccc(C2(C(C)O)CC2)c1. The predicted molar refractivity (Wildman–Crippen MR) is 60.2 cm³/mol. The van der Waals surface area contributed by atoms with Crippen molar-refractivity contribution >= 4 is 0 Å². The van der Waals surface area contributed by atoms with E-state index in [0.29, 0.717) is 6.61 Å². The van der Waals surface area contributed by atoms with Crippen LogP contribution in [0, 0.1) is 0 Å². The molecule has 0 spiro atoms. The second kappa shape index (κ2) is 3.86. The second-order valence-corrected chi connectivity index (χ2v) is 4.29. The van der Waals surface area contributed by atoms with Gasteiger partial charge in [-0.05, 0) is 44.4 Å². The average Bonchev–Trinajstić information content (AvgIpc) is 2.99. The van der Waals surface area contributed by atoms with Crippen molar-refractivity contribution in [1.82, 2.24) is 0 Å². The number of ether oxygens (including phenoxy) is 1. The van der Waals surface area contributed by atoms with Gasteiger partial charge < -0.3 is 9.84 Å². The molecule has 1 unspecified atom stereocenters. The van der Waals surface area contributed by atoms with Crippen LogP contribution in [0.5, 0.6) is 5.75 Å². The summed E-state index contributed by atoms with van der Waals surface area (Å²) in [7, 11) is 0. The standard InChI is InChI=1S/C13H18O2/c1-3-15-12-6-4-5-11(9-12)13(7-8-13)10(2)14/h4-6,9-10,14H,3,7-8H2,1-2H3. The van der Waals surface area contributed by atoms with E-state index in [1.165, 1.54) is 5.56 Å². The second-order valence-electron chi connectivity index (χ2n) is 4.29. The van der Waals surface area contributed by atoms with E-state index in [0.717, 1.165) is 18.6 Å². The molecular formula is C13H18O2. The van der Waals surface area contributed by atoms with Crippen LogP contribution >= 0.6 is 0 Å². The van der Waals surface area contributed by atoms with Crippen LogP contribution in [0.4, 0.5) is 0 Å². The fraction of sp³-hybridized carbons (Fsp3) is 0.538. The molecule has 1 atom stereocenters. The Kier molecular flexibility index (Phi) is 2.70. The van der Waals surface area contributed by atoms with Crippen LogP contribution in [0.1, 0.15) is 32.3 Å².